The first-order valence-corrected chi connectivity index (χ1v) is 9.26. The van der Waals surface area contributed by atoms with E-state index in [2.05, 4.69) is 42.1 Å². The zero-order valence-corrected chi connectivity index (χ0v) is 16.7. The van der Waals surface area contributed by atoms with Crippen LogP contribution in [0.4, 0.5) is 5.69 Å². The summed E-state index contributed by atoms with van der Waals surface area (Å²) < 4.78 is 0. The van der Waals surface area contributed by atoms with Gasteiger partial charge in [-0.2, -0.15) is 0 Å². The van der Waals surface area contributed by atoms with Crippen molar-refractivity contribution in [3.8, 4) is 11.1 Å². The van der Waals surface area contributed by atoms with Crippen LogP contribution in [-0.2, 0) is 4.79 Å². The van der Waals surface area contributed by atoms with Crippen molar-refractivity contribution in [3.05, 3.63) is 47.8 Å². The average Bonchev–Trinajstić information content (AvgIpc) is 2.93. The minimum atomic E-state index is -0.521. The summed E-state index contributed by atoms with van der Waals surface area (Å²) >= 11 is 0. The lowest BCUT2D eigenvalue weighted by Crippen LogP contribution is -2.38. The van der Waals surface area contributed by atoms with Gasteiger partial charge >= 0.3 is 0 Å². The Kier molecular flexibility index (Phi) is 5.07. The van der Waals surface area contributed by atoms with Crippen LogP contribution in [0.25, 0.3) is 22.2 Å². The van der Waals surface area contributed by atoms with E-state index >= 15 is 0 Å². The predicted octanol–water partition coefficient (Wildman–Crippen LogP) is 4.55. The Bertz CT molecular complexity index is 982. The van der Waals surface area contributed by atoms with Gasteiger partial charge in [-0.15, -0.1) is 0 Å². The monoisotopic (exact) mass is 364 g/mol. The molecule has 0 aliphatic carbocycles. The van der Waals surface area contributed by atoms with Crippen LogP contribution in [0.5, 0.6) is 0 Å². The summed E-state index contributed by atoms with van der Waals surface area (Å²) in [6.07, 6.45) is 2.45. The Hall–Kier alpha value is -2.66. The Labute approximate surface area is 160 Å². The van der Waals surface area contributed by atoms with Crippen LogP contribution >= 0.6 is 0 Å². The molecule has 0 spiro atoms. The first kappa shape index (κ1) is 19.1. The molecule has 4 N–H and O–H groups in total. The maximum Gasteiger partial charge on any atom is 0.241 e. The number of hydrogen-bond donors (Lipinski definition) is 3. The quantitative estimate of drug-likeness (QED) is 0.635. The highest BCUT2D eigenvalue weighted by atomic mass is 16.2. The molecule has 0 saturated heterocycles. The third-order valence-corrected chi connectivity index (χ3v) is 4.62. The molecule has 0 aliphatic heterocycles. The van der Waals surface area contributed by atoms with Crippen molar-refractivity contribution in [2.45, 2.75) is 47.1 Å². The fourth-order valence-electron chi connectivity index (χ4n) is 3.42. The number of benzene rings is 1. The lowest BCUT2D eigenvalue weighted by molar-refractivity contribution is -0.118. The number of aryl methyl sites for hydroxylation is 2. The smallest absolute Gasteiger partial charge is 0.241 e. The number of rotatable bonds is 4. The summed E-state index contributed by atoms with van der Waals surface area (Å²) in [6.45, 7) is 10.3. The molecule has 142 valence electrons. The van der Waals surface area contributed by atoms with Gasteiger partial charge in [0.15, 0.2) is 0 Å². The van der Waals surface area contributed by atoms with E-state index in [1.165, 1.54) is 0 Å². The molecule has 3 aromatic rings. The number of nitrogens with one attached hydrogen (secondary N) is 2. The summed E-state index contributed by atoms with van der Waals surface area (Å²) in [5, 5.41) is 4.04. The number of carbonyl (C=O) groups excluding carboxylic acids is 1. The number of nitrogens with two attached hydrogens (primary N) is 1. The number of H-pyrrole nitrogens is 1. The van der Waals surface area contributed by atoms with Gasteiger partial charge in [0.1, 0.15) is 5.65 Å². The molecule has 0 fully saturated rings. The van der Waals surface area contributed by atoms with Gasteiger partial charge < -0.3 is 16.0 Å². The Morgan fingerprint density at radius 1 is 1.19 bits per heavy atom. The van der Waals surface area contributed by atoms with E-state index in [4.69, 9.17) is 5.73 Å². The second-order valence-electron chi connectivity index (χ2n) is 8.46. The third kappa shape index (κ3) is 4.37. The van der Waals surface area contributed by atoms with E-state index in [0.717, 1.165) is 39.1 Å². The van der Waals surface area contributed by atoms with E-state index in [1.54, 1.807) is 0 Å². The molecule has 2 aromatic heterocycles. The van der Waals surface area contributed by atoms with E-state index in [0.29, 0.717) is 6.42 Å². The van der Waals surface area contributed by atoms with Crippen molar-refractivity contribution in [1.29, 1.82) is 0 Å². The zero-order valence-electron chi connectivity index (χ0n) is 16.7. The SMILES string of the molecule is Cc1cc2c(-c3ccc(NC(=O)[C@@H](N)CC(C)(C)C)cc3C)ccnc2[nH]1. The number of aromatic amines is 1. The van der Waals surface area contributed by atoms with Crippen molar-refractivity contribution in [2.75, 3.05) is 5.32 Å². The number of amides is 1. The summed E-state index contributed by atoms with van der Waals surface area (Å²) in [4.78, 5) is 20.1. The van der Waals surface area contributed by atoms with Crippen LogP contribution in [0.2, 0.25) is 0 Å². The molecule has 1 atom stereocenters. The number of carbonyl (C=O) groups is 1. The predicted molar refractivity (Wildman–Crippen MR) is 112 cm³/mol. The normalized spacial score (nSPS) is 13.0. The maximum atomic E-state index is 12.4. The zero-order chi connectivity index (χ0) is 19.8. The van der Waals surface area contributed by atoms with Gasteiger partial charge in [0.2, 0.25) is 5.91 Å². The molecule has 1 amide bonds. The molecule has 5 heteroatoms. The minimum Gasteiger partial charge on any atom is -0.344 e. The fourth-order valence-corrected chi connectivity index (χ4v) is 3.42. The number of anilines is 1. The summed E-state index contributed by atoms with van der Waals surface area (Å²) in [7, 11) is 0. The molecule has 0 saturated carbocycles. The van der Waals surface area contributed by atoms with Gasteiger partial charge in [-0.3, -0.25) is 4.79 Å². The number of pyridine rings is 1. The molecule has 5 nitrogen and oxygen atoms in total. The van der Waals surface area contributed by atoms with Crippen molar-refractivity contribution in [3.63, 3.8) is 0 Å². The van der Waals surface area contributed by atoms with Crippen molar-refractivity contribution >= 4 is 22.6 Å². The lowest BCUT2D eigenvalue weighted by Gasteiger charge is -2.22. The van der Waals surface area contributed by atoms with Gasteiger partial charge in [-0.05, 0) is 66.6 Å². The molecule has 3 rings (SSSR count). The van der Waals surface area contributed by atoms with Gasteiger partial charge in [-0.1, -0.05) is 26.8 Å². The Balaban J connectivity index is 1.85. The molecule has 27 heavy (non-hydrogen) atoms. The van der Waals surface area contributed by atoms with Crippen LogP contribution in [0, 0.1) is 19.3 Å². The van der Waals surface area contributed by atoms with Gasteiger partial charge in [-0.25, -0.2) is 4.98 Å². The van der Waals surface area contributed by atoms with Crippen LogP contribution < -0.4 is 11.1 Å². The Morgan fingerprint density at radius 2 is 1.93 bits per heavy atom. The molecular formula is C22H28N4O. The fraction of sp³-hybridized carbons (Fsp3) is 0.364. The first-order chi connectivity index (χ1) is 12.6. The van der Waals surface area contributed by atoms with E-state index in [1.807, 2.05) is 44.3 Å². The van der Waals surface area contributed by atoms with E-state index in [-0.39, 0.29) is 11.3 Å². The summed E-state index contributed by atoms with van der Waals surface area (Å²) in [6, 6.07) is 9.57. The second kappa shape index (κ2) is 7.16. The van der Waals surface area contributed by atoms with Crippen molar-refractivity contribution < 1.29 is 4.79 Å². The highest BCUT2D eigenvalue weighted by Crippen LogP contribution is 2.31. The molecule has 0 radical (unpaired) electrons. The molecule has 2 heterocycles. The molecule has 0 unspecified atom stereocenters. The second-order valence-corrected chi connectivity index (χ2v) is 8.46. The third-order valence-electron chi connectivity index (χ3n) is 4.62. The Morgan fingerprint density at radius 3 is 2.59 bits per heavy atom. The van der Waals surface area contributed by atoms with Gasteiger partial charge in [0, 0.05) is 23.0 Å². The topological polar surface area (TPSA) is 83.8 Å². The molecule has 0 aliphatic rings. The highest BCUT2D eigenvalue weighted by molar-refractivity contribution is 5.97. The highest BCUT2D eigenvalue weighted by Gasteiger charge is 2.21. The summed E-state index contributed by atoms with van der Waals surface area (Å²) in [5.41, 5.74) is 12.1. The van der Waals surface area contributed by atoms with Crippen LogP contribution in [0.3, 0.4) is 0 Å². The van der Waals surface area contributed by atoms with Gasteiger partial charge in [0.25, 0.3) is 0 Å². The standard InChI is InChI=1S/C22H28N4O/c1-13-10-15(26-21(27)19(23)12-22(3,4)5)6-7-16(13)17-8-9-24-20-18(17)11-14(2)25-20/h6-11,19H,12,23H2,1-5H3,(H,24,25)(H,26,27)/t19-/m0/s1. The number of fused-ring (bicyclic) bond motifs is 1. The molecule has 1 aromatic carbocycles. The molecular weight excluding hydrogens is 336 g/mol. The maximum absolute atomic E-state index is 12.4. The number of nitrogens with zero attached hydrogens (tertiary/aromatic N) is 1. The van der Waals surface area contributed by atoms with Crippen LogP contribution in [0.15, 0.2) is 36.5 Å². The number of aromatic nitrogens is 2. The van der Waals surface area contributed by atoms with E-state index < -0.39 is 6.04 Å². The van der Waals surface area contributed by atoms with Crippen molar-refractivity contribution in [1.82, 2.24) is 9.97 Å². The van der Waals surface area contributed by atoms with E-state index in [9.17, 15) is 4.79 Å². The van der Waals surface area contributed by atoms with Crippen LogP contribution in [-0.4, -0.2) is 21.9 Å². The number of hydrogen-bond acceptors (Lipinski definition) is 3. The largest absolute Gasteiger partial charge is 0.344 e. The average molecular weight is 364 g/mol. The van der Waals surface area contributed by atoms with Gasteiger partial charge in [0.05, 0.1) is 6.04 Å². The molecule has 0 bridgehead atoms. The first-order valence-electron chi connectivity index (χ1n) is 9.26. The lowest BCUT2D eigenvalue weighted by atomic mass is 9.88. The minimum absolute atomic E-state index is 0.0118. The van der Waals surface area contributed by atoms with Crippen molar-refractivity contribution in [2.24, 2.45) is 11.1 Å². The van der Waals surface area contributed by atoms with Crippen LogP contribution in [0.1, 0.15) is 38.4 Å². The summed E-state index contributed by atoms with van der Waals surface area (Å²) in [5.74, 6) is -0.148.